The summed E-state index contributed by atoms with van der Waals surface area (Å²) in [5.41, 5.74) is 0.470. The molecule has 6 heteroatoms. The number of amides is 1. The molecule has 0 saturated carbocycles. The normalized spacial score (nSPS) is 10.9. The van der Waals surface area contributed by atoms with Crippen LogP contribution in [0.1, 0.15) is 11.8 Å². The average Bonchev–Trinajstić information content (AvgIpc) is 2.95. The number of para-hydroxylation sites is 1. The minimum Gasteiger partial charge on any atom is -0.322 e. The maximum Gasteiger partial charge on any atom is 0.238 e. The number of halogens is 2. The monoisotopic (exact) mass is 342 g/mol. The lowest BCUT2D eigenvalue weighted by Gasteiger charge is -2.19. The third-order valence-electron chi connectivity index (χ3n) is 3.00. The standard InChI is InChI=1S/C15H16Cl2N2OS/c1-2-19(9-11-5-4-8-21-11)10-14(20)18-15-12(16)6-3-7-13(15)17/h3-8H,2,9-10H2,1H3,(H,18,20). The number of benzene rings is 1. The summed E-state index contributed by atoms with van der Waals surface area (Å²) in [7, 11) is 0. The zero-order valence-corrected chi connectivity index (χ0v) is 13.9. The number of anilines is 1. The van der Waals surface area contributed by atoms with Crippen LogP contribution in [0, 0.1) is 0 Å². The van der Waals surface area contributed by atoms with Crippen LogP contribution in [0.15, 0.2) is 35.7 Å². The van der Waals surface area contributed by atoms with Gasteiger partial charge in [0.1, 0.15) is 0 Å². The minimum atomic E-state index is -0.122. The summed E-state index contributed by atoms with van der Waals surface area (Å²) in [6, 6.07) is 9.22. The van der Waals surface area contributed by atoms with Gasteiger partial charge < -0.3 is 5.32 Å². The molecule has 2 rings (SSSR count). The molecule has 0 bridgehead atoms. The Bertz CT molecular complexity index is 581. The van der Waals surface area contributed by atoms with E-state index in [1.807, 2.05) is 18.4 Å². The zero-order chi connectivity index (χ0) is 15.2. The Morgan fingerprint density at radius 1 is 1.24 bits per heavy atom. The van der Waals surface area contributed by atoms with Crippen molar-refractivity contribution in [3.05, 3.63) is 50.6 Å². The third kappa shape index (κ3) is 4.71. The van der Waals surface area contributed by atoms with Crippen LogP contribution in [0.2, 0.25) is 10.0 Å². The molecule has 2 aromatic rings. The molecular weight excluding hydrogens is 327 g/mol. The number of carbonyl (C=O) groups is 1. The average molecular weight is 343 g/mol. The molecule has 1 aromatic heterocycles. The van der Waals surface area contributed by atoms with Crippen LogP contribution in [0.5, 0.6) is 0 Å². The number of hydrogen-bond acceptors (Lipinski definition) is 3. The largest absolute Gasteiger partial charge is 0.322 e. The molecule has 21 heavy (non-hydrogen) atoms. The summed E-state index contributed by atoms with van der Waals surface area (Å²) in [6.07, 6.45) is 0. The summed E-state index contributed by atoms with van der Waals surface area (Å²) in [6.45, 7) is 3.89. The van der Waals surface area contributed by atoms with E-state index in [4.69, 9.17) is 23.2 Å². The molecule has 1 heterocycles. The molecule has 0 fully saturated rings. The van der Waals surface area contributed by atoms with Crippen LogP contribution in [-0.2, 0) is 11.3 Å². The number of hydrogen-bond donors (Lipinski definition) is 1. The highest BCUT2D eigenvalue weighted by atomic mass is 35.5. The Morgan fingerprint density at radius 3 is 2.52 bits per heavy atom. The topological polar surface area (TPSA) is 32.3 Å². The summed E-state index contributed by atoms with van der Waals surface area (Å²) in [5.74, 6) is -0.122. The molecular formula is C15H16Cl2N2OS. The molecule has 1 aromatic carbocycles. The SMILES string of the molecule is CCN(CC(=O)Nc1c(Cl)cccc1Cl)Cc1cccs1. The molecule has 0 unspecified atom stereocenters. The van der Waals surface area contributed by atoms with Gasteiger partial charge in [-0.3, -0.25) is 9.69 Å². The number of likely N-dealkylation sites (N-methyl/N-ethyl adjacent to an activating group) is 1. The second-order valence-electron chi connectivity index (χ2n) is 4.53. The first-order valence-electron chi connectivity index (χ1n) is 6.58. The summed E-state index contributed by atoms with van der Waals surface area (Å²) < 4.78 is 0. The summed E-state index contributed by atoms with van der Waals surface area (Å²) in [5, 5.41) is 5.70. The van der Waals surface area contributed by atoms with Crippen molar-refractivity contribution in [2.75, 3.05) is 18.4 Å². The van der Waals surface area contributed by atoms with Gasteiger partial charge in [0.25, 0.3) is 0 Å². The Hall–Kier alpha value is -1.07. The van der Waals surface area contributed by atoms with Gasteiger partial charge >= 0.3 is 0 Å². The molecule has 112 valence electrons. The lowest BCUT2D eigenvalue weighted by molar-refractivity contribution is -0.117. The van der Waals surface area contributed by atoms with Crippen molar-refractivity contribution in [2.45, 2.75) is 13.5 Å². The van der Waals surface area contributed by atoms with E-state index in [2.05, 4.69) is 16.3 Å². The Balaban J connectivity index is 1.97. The lowest BCUT2D eigenvalue weighted by Crippen LogP contribution is -2.32. The highest BCUT2D eigenvalue weighted by molar-refractivity contribution is 7.09. The van der Waals surface area contributed by atoms with Gasteiger partial charge in [-0.05, 0) is 30.1 Å². The van der Waals surface area contributed by atoms with Crippen LogP contribution in [0.3, 0.4) is 0 Å². The first kappa shape index (κ1) is 16.3. The van der Waals surface area contributed by atoms with Crippen LogP contribution in [-0.4, -0.2) is 23.9 Å². The van der Waals surface area contributed by atoms with Crippen molar-refractivity contribution in [2.24, 2.45) is 0 Å². The fourth-order valence-corrected chi connectivity index (χ4v) is 3.14. The van der Waals surface area contributed by atoms with E-state index in [9.17, 15) is 4.79 Å². The van der Waals surface area contributed by atoms with E-state index in [0.717, 1.165) is 13.1 Å². The number of nitrogens with one attached hydrogen (secondary N) is 1. The predicted octanol–water partition coefficient (Wildman–Crippen LogP) is 4.52. The lowest BCUT2D eigenvalue weighted by atomic mass is 10.3. The van der Waals surface area contributed by atoms with Crippen molar-refractivity contribution in [3.8, 4) is 0 Å². The van der Waals surface area contributed by atoms with E-state index >= 15 is 0 Å². The molecule has 0 saturated heterocycles. The van der Waals surface area contributed by atoms with Gasteiger partial charge in [-0.25, -0.2) is 0 Å². The van der Waals surface area contributed by atoms with Gasteiger partial charge in [0.2, 0.25) is 5.91 Å². The maximum atomic E-state index is 12.1. The van der Waals surface area contributed by atoms with Crippen molar-refractivity contribution < 1.29 is 4.79 Å². The molecule has 1 amide bonds. The molecule has 0 radical (unpaired) electrons. The van der Waals surface area contributed by atoms with Gasteiger partial charge in [0.05, 0.1) is 22.3 Å². The molecule has 3 nitrogen and oxygen atoms in total. The second kappa shape index (κ2) is 7.80. The number of thiophene rings is 1. The van der Waals surface area contributed by atoms with Crippen molar-refractivity contribution in [1.29, 1.82) is 0 Å². The van der Waals surface area contributed by atoms with Gasteiger partial charge in [-0.1, -0.05) is 42.3 Å². The van der Waals surface area contributed by atoms with Crippen molar-refractivity contribution >= 4 is 46.1 Å². The van der Waals surface area contributed by atoms with Crippen molar-refractivity contribution in [1.82, 2.24) is 4.90 Å². The summed E-state index contributed by atoms with van der Waals surface area (Å²) >= 11 is 13.8. The first-order valence-corrected chi connectivity index (χ1v) is 8.22. The number of nitrogens with zero attached hydrogens (tertiary/aromatic N) is 1. The third-order valence-corrected chi connectivity index (χ3v) is 4.49. The molecule has 0 aliphatic heterocycles. The van der Waals surface area contributed by atoms with Crippen molar-refractivity contribution in [3.63, 3.8) is 0 Å². The Kier molecular flexibility index (Phi) is 6.06. The minimum absolute atomic E-state index is 0.122. The highest BCUT2D eigenvalue weighted by Gasteiger charge is 2.13. The zero-order valence-electron chi connectivity index (χ0n) is 11.6. The predicted molar refractivity (Wildman–Crippen MR) is 90.4 cm³/mol. The molecule has 1 N–H and O–H groups in total. The van der Waals surface area contributed by atoms with E-state index in [0.29, 0.717) is 22.3 Å². The van der Waals surface area contributed by atoms with E-state index in [-0.39, 0.29) is 5.91 Å². The van der Waals surface area contributed by atoms with E-state index < -0.39 is 0 Å². The smallest absolute Gasteiger partial charge is 0.238 e. The van der Waals surface area contributed by atoms with Crippen LogP contribution in [0.4, 0.5) is 5.69 Å². The van der Waals surface area contributed by atoms with Crippen LogP contribution in [0.25, 0.3) is 0 Å². The second-order valence-corrected chi connectivity index (χ2v) is 6.37. The molecule has 0 atom stereocenters. The fourth-order valence-electron chi connectivity index (χ4n) is 1.90. The highest BCUT2D eigenvalue weighted by Crippen LogP contribution is 2.29. The molecule has 0 aliphatic carbocycles. The first-order chi connectivity index (χ1) is 10.1. The maximum absolute atomic E-state index is 12.1. The number of rotatable bonds is 6. The van der Waals surface area contributed by atoms with Crippen LogP contribution >= 0.6 is 34.5 Å². The quantitative estimate of drug-likeness (QED) is 0.837. The Morgan fingerprint density at radius 2 is 1.95 bits per heavy atom. The Labute approximate surface area is 138 Å². The van der Waals surface area contributed by atoms with E-state index in [1.54, 1.807) is 29.5 Å². The van der Waals surface area contributed by atoms with Gasteiger partial charge in [0, 0.05) is 11.4 Å². The van der Waals surface area contributed by atoms with E-state index in [1.165, 1.54) is 4.88 Å². The number of carbonyl (C=O) groups excluding carboxylic acids is 1. The van der Waals surface area contributed by atoms with Gasteiger partial charge in [0.15, 0.2) is 0 Å². The van der Waals surface area contributed by atoms with Gasteiger partial charge in [-0.2, -0.15) is 0 Å². The van der Waals surface area contributed by atoms with Crippen LogP contribution < -0.4 is 5.32 Å². The summed E-state index contributed by atoms with van der Waals surface area (Å²) in [4.78, 5) is 15.4. The molecule has 0 spiro atoms. The molecule has 0 aliphatic rings. The van der Waals surface area contributed by atoms with Gasteiger partial charge in [-0.15, -0.1) is 11.3 Å². The fraction of sp³-hybridized carbons (Fsp3) is 0.267.